The van der Waals surface area contributed by atoms with Crippen molar-refractivity contribution in [2.24, 2.45) is 0 Å². The molecule has 2 heterocycles. The molecule has 2 rings (SSSR count). The second-order valence-electron chi connectivity index (χ2n) is 3.75. The molecule has 0 spiro atoms. The lowest BCUT2D eigenvalue weighted by molar-refractivity contribution is 0.0590. The van der Waals surface area contributed by atoms with Gasteiger partial charge in [-0.3, -0.25) is 4.72 Å². The number of rotatable bonds is 4. The number of anilines is 1. The molecule has 0 aliphatic heterocycles. The Morgan fingerprint density at radius 2 is 2.10 bits per heavy atom. The van der Waals surface area contributed by atoms with E-state index in [0.29, 0.717) is 0 Å². The third-order valence-corrected chi connectivity index (χ3v) is 6.23. The molecule has 0 aromatic carbocycles. The van der Waals surface area contributed by atoms with E-state index in [2.05, 4.69) is 19.4 Å². The quantitative estimate of drug-likeness (QED) is 0.857. The molecule has 0 amide bonds. The van der Waals surface area contributed by atoms with Crippen LogP contribution in [0, 0.1) is 13.8 Å². The van der Waals surface area contributed by atoms with Crippen molar-refractivity contribution in [3.8, 4) is 0 Å². The number of hydrogen-bond donors (Lipinski definition) is 1. The van der Waals surface area contributed by atoms with Gasteiger partial charge in [0, 0.05) is 4.88 Å². The largest absolute Gasteiger partial charge is 0.464 e. The summed E-state index contributed by atoms with van der Waals surface area (Å²) in [7, 11) is -2.74. The molecule has 2 aromatic heterocycles. The van der Waals surface area contributed by atoms with Gasteiger partial charge in [-0.15, -0.1) is 22.7 Å². The van der Waals surface area contributed by atoms with Crippen LogP contribution in [0.2, 0.25) is 0 Å². The molecule has 10 heteroatoms. The van der Waals surface area contributed by atoms with Crippen LogP contribution in [-0.2, 0) is 14.8 Å². The van der Waals surface area contributed by atoms with E-state index in [9.17, 15) is 13.2 Å². The molecule has 0 bridgehead atoms. The smallest absolute Gasteiger partial charge is 0.358 e. The molecule has 0 radical (unpaired) electrons. The summed E-state index contributed by atoms with van der Waals surface area (Å²) < 4.78 is 31.1. The van der Waals surface area contributed by atoms with Crippen molar-refractivity contribution in [2.75, 3.05) is 11.8 Å². The lowest BCUT2D eigenvalue weighted by Crippen LogP contribution is -2.16. The number of ether oxygens (including phenoxy) is 1. The minimum atomic E-state index is -3.91. The van der Waals surface area contributed by atoms with Crippen LogP contribution in [0.4, 0.5) is 5.13 Å². The number of thiazole rings is 2. The van der Waals surface area contributed by atoms with E-state index in [1.54, 1.807) is 6.92 Å². The van der Waals surface area contributed by atoms with E-state index in [1.165, 1.54) is 24.0 Å². The van der Waals surface area contributed by atoms with Crippen LogP contribution < -0.4 is 4.72 Å². The Morgan fingerprint density at radius 3 is 2.65 bits per heavy atom. The summed E-state index contributed by atoms with van der Waals surface area (Å²) in [4.78, 5) is 20.2. The topological polar surface area (TPSA) is 98.2 Å². The monoisotopic (exact) mass is 333 g/mol. The van der Waals surface area contributed by atoms with Gasteiger partial charge in [0.15, 0.2) is 15.0 Å². The zero-order chi connectivity index (χ0) is 14.9. The molecule has 0 saturated carbocycles. The Balaban J connectivity index is 2.36. The van der Waals surface area contributed by atoms with Gasteiger partial charge in [-0.05, 0) is 13.8 Å². The maximum absolute atomic E-state index is 12.2. The van der Waals surface area contributed by atoms with Crippen molar-refractivity contribution in [1.29, 1.82) is 0 Å². The Morgan fingerprint density at radius 1 is 1.40 bits per heavy atom. The van der Waals surface area contributed by atoms with Gasteiger partial charge in [0.05, 0.1) is 18.3 Å². The Bertz CT molecular complexity index is 728. The van der Waals surface area contributed by atoms with E-state index in [0.717, 1.165) is 21.9 Å². The molecule has 0 unspecified atom stereocenters. The predicted octanol–water partition coefficient (Wildman–Crippen LogP) is 1.80. The fraction of sp³-hybridized carbons (Fsp3) is 0.300. The van der Waals surface area contributed by atoms with Crippen molar-refractivity contribution in [3.63, 3.8) is 0 Å². The molecule has 7 nitrogen and oxygen atoms in total. The van der Waals surface area contributed by atoms with Crippen molar-refractivity contribution in [3.05, 3.63) is 21.8 Å². The summed E-state index contributed by atoms with van der Waals surface area (Å²) in [6, 6.07) is 0. The molecule has 1 N–H and O–H groups in total. The Labute approximate surface area is 123 Å². The number of carbonyl (C=O) groups is 1. The molecule has 0 aliphatic carbocycles. The van der Waals surface area contributed by atoms with Crippen LogP contribution >= 0.6 is 22.7 Å². The van der Waals surface area contributed by atoms with Gasteiger partial charge in [-0.25, -0.2) is 23.2 Å². The molecule has 2 aromatic rings. The molecule has 0 saturated heterocycles. The number of nitrogens with one attached hydrogen (secondary N) is 1. The molecule has 20 heavy (non-hydrogen) atoms. The van der Waals surface area contributed by atoms with Gasteiger partial charge in [0.2, 0.25) is 0 Å². The van der Waals surface area contributed by atoms with E-state index in [1.807, 2.05) is 6.92 Å². The summed E-state index contributed by atoms with van der Waals surface area (Å²) in [6.07, 6.45) is 0. The second-order valence-corrected chi connectivity index (χ2v) is 7.68. The maximum Gasteiger partial charge on any atom is 0.358 e. The standard InChI is InChI=1S/C10H11N3O4S3/c1-5-6(2)19-10(12-5)13-20(15,16)9-7(8(14)17-3)11-4-18-9/h4H,1-3H3,(H,12,13). The van der Waals surface area contributed by atoms with E-state index < -0.39 is 16.0 Å². The summed E-state index contributed by atoms with van der Waals surface area (Å²) in [5, 5.41) is 0.254. The number of esters is 1. The summed E-state index contributed by atoms with van der Waals surface area (Å²) in [6.45, 7) is 3.63. The van der Waals surface area contributed by atoms with Crippen LogP contribution in [-0.4, -0.2) is 31.5 Å². The fourth-order valence-corrected chi connectivity index (χ4v) is 4.52. The van der Waals surface area contributed by atoms with Crippen LogP contribution in [0.15, 0.2) is 9.72 Å². The first-order valence-corrected chi connectivity index (χ1v) is 8.51. The Kier molecular flexibility index (Phi) is 4.06. The zero-order valence-corrected chi connectivity index (χ0v) is 13.3. The van der Waals surface area contributed by atoms with Crippen LogP contribution in [0.3, 0.4) is 0 Å². The highest BCUT2D eigenvalue weighted by Gasteiger charge is 2.27. The number of aromatic nitrogens is 2. The maximum atomic E-state index is 12.2. The van der Waals surface area contributed by atoms with Crippen molar-refractivity contribution < 1.29 is 17.9 Å². The number of sulfonamides is 1. The summed E-state index contributed by atoms with van der Waals surface area (Å²) in [5.74, 6) is -0.793. The Hall–Kier alpha value is -1.52. The number of carbonyl (C=O) groups excluding carboxylic acids is 1. The third-order valence-electron chi connectivity index (χ3n) is 2.41. The average molecular weight is 333 g/mol. The first-order chi connectivity index (χ1) is 9.35. The van der Waals surface area contributed by atoms with Crippen molar-refractivity contribution in [2.45, 2.75) is 18.1 Å². The van der Waals surface area contributed by atoms with E-state index in [4.69, 9.17) is 0 Å². The third kappa shape index (κ3) is 2.81. The van der Waals surface area contributed by atoms with Crippen LogP contribution in [0.25, 0.3) is 0 Å². The lowest BCUT2D eigenvalue weighted by atomic mass is 10.4. The van der Waals surface area contributed by atoms with Gasteiger partial charge in [0.1, 0.15) is 0 Å². The first kappa shape index (κ1) is 14.9. The van der Waals surface area contributed by atoms with Gasteiger partial charge in [-0.2, -0.15) is 0 Å². The first-order valence-electron chi connectivity index (χ1n) is 5.34. The molecule has 0 atom stereocenters. The van der Waals surface area contributed by atoms with Crippen molar-refractivity contribution >= 4 is 43.8 Å². The molecular formula is C10H11N3O4S3. The SMILES string of the molecule is COC(=O)c1ncsc1S(=O)(=O)Nc1nc(C)c(C)s1. The average Bonchev–Trinajstić information content (AvgIpc) is 2.96. The highest BCUT2D eigenvalue weighted by molar-refractivity contribution is 7.94. The number of methoxy groups -OCH3 is 1. The second kappa shape index (κ2) is 5.46. The number of aryl methyl sites for hydroxylation is 2. The fourth-order valence-electron chi connectivity index (χ4n) is 1.34. The van der Waals surface area contributed by atoms with E-state index in [-0.39, 0.29) is 15.0 Å². The lowest BCUT2D eigenvalue weighted by Gasteiger charge is -2.03. The number of nitrogens with zero attached hydrogens (tertiary/aromatic N) is 2. The minimum absolute atomic E-state index is 0.185. The zero-order valence-electron chi connectivity index (χ0n) is 10.8. The molecule has 0 fully saturated rings. The normalized spacial score (nSPS) is 11.3. The molecule has 108 valence electrons. The highest BCUT2D eigenvalue weighted by Crippen LogP contribution is 2.27. The summed E-state index contributed by atoms with van der Waals surface area (Å²) in [5.41, 5.74) is 1.80. The van der Waals surface area contributed by atoms with Crippen LogP contribution in [0.5, 0.6) is 0 Å². The van der Waals surface area contributed by atoms with Crippen LogP contribution in [0.1, 0.15) is 21.1 Å². The molecule has 0 aliphatic rings. The van der Waals surface area contributed by atoms with Gasteiger partial charge in [-0.1, -0.05) is 0 Å². The predicted molar refractivity (Wildman–Crippen MR) is 75.9 cm³/mol. The van der Waals surface area contributed by atoms with Crippen molar-refractivity contribution in [1.82, 2.24) is 9.97 Å². The molecular weight excluding hydrogens is 322 g/mol. The number of hydrogen-bond acceptors (Lipinski definition) is 8. The van der Waals surface area contributed by atoms with Gasteiger partial charge < -0.3 is 4.74 Å². The minimum Gasteiger partial charge on any atom is -0.464 e. The van der Waals surface area contributed by atoms with Gasteiger partial charge in [0.25, 0.3) is 10.0 Å². The highest BCUT2D eigenvalue weighted by atomic mass is 32.2. The summed E-state index contributed by atoms with van der Waals surface area (Å²) >= 11 is 2.07. The van der Waals surface area contributed by atoms with Gasteiger partial charge >= 0.3 is 5.97 Å². The van der Waals surface area contributed by atoms with E-state index >= 15 is 0 Å².